The van der Waals surface area contributed by atoms with Crippen LogP contribution in [0, 0.1) is 6.92 Å². The summed E-state index contributed by atoms with van der Waals surface area (Å²) in [5.74, 6) is 0.909. The number of hydrogen-bond acceptors (Lipinski definition) is 3. The molecule has 1 aromatic rings. The molecular weight excluding hydrogens is 168 g/mol. The molecule has 0 aliphatic rings. The van der Waals surface area contributed by atoms with E-state index in [-0.39, 0.29) is 5.43 Å². The number of hydrogen-bond donors (Lipinski definition) is 0. The van der Waals surface area contributed by atoms with Crippen molar-refractivity contribution in [2.75, 3.05) is 6.61 Å². The Balaban J connectivity index is 2.62. The third kappa shape index (κ3) is 2.93. The van der Waals surface area contributed by atoms with Gasteiger partial charge in [-0.25, -0.2) is 0 Å². The molecule has 3 nitrogen and oxygen atoms in total. The van der Waals surface area contributed by atoms with Crippen molar-refractivity contribution < 1.29 is 9.15 Å². The van der Waals surface area contributed by atoms with Crippen molar-refractivity contribution >= 4 is 0 Å². The molecule has 0 unspecified atom stereocenters. The Kier molecular flexibility index (Phi) is 3.55. The van der Waals surface area contributed by atoms with Crippen molar-refractivity contribution in [2.45, 2.75) is 26.7 Å². The first-order valence-electron chi connectivity index (χ1n) is 4.46. The van der Waals surface area contributed by atoms with Gasteiger partial charge in [-0.3, -0.25) is 4.79 Å². The van der Waals surface area contributed by atoms with Crippen molar-refractivity contribution in [3.8, 4) is 5.75 Å². The van der Waals surface area contributed by atoms with Gasteiger partial charge in [-0.1, -0.05) is 13.3 Å². The molecule has 0 aliphatic heterocycles. The lowest BCUT2D eigenvalue weighted by molar-refractivity contribution is 0.294. The summed E-state index contributed by atoms with van der Waals surface area (Å²) in [4.78, 5) is 11.2. The number of ether oxygens (including phenoxy) is 1. The molecule has 0 saturated heterocycles. The fourth-order valence-electron chi connectivity index (χ4n) is 0.926. The Hall–Kier alpha value is -1.25. The van der Waals surface area contributed by atoms with Crippen molar-refractivity contribution in [2.24, 2.45) is 0 Å². The second-order valence-electron chi connectivity index (χ2n) is 2.92. The van der Waals surface area contributed by atoms with Crippen LogP contribution in [0.15, 0.2) is 21.5 Å². The van der Waals surface area contributed by atoms with E-state index < -0.39 is 0 Å². The zero-order valence-corrected chi connectivity index (χ0v) is 8.00. The molecule has 1 rings (SSSR count). The Bertz CT molecular complexity index is 314. The maximum atomic E-state index is 11.2. The molecule has 0 amide bonds. The first kappa shape index (κ1) is 9.84. The predicted octanol–water partition coefficient (Wildman–Crippen LogP) is 2.13. The molecule has 0 aromatic carbocycles. The summed E-state index contributed by atoms with van der Waals surface area (Å²) in [5, 5.41) is 0. The minimum Gasteiger partial charge on any atom is -0.487 e. The van der Waals surface area contributed by atoms with Crippen LogP contribution in [0.4, 0.5) is 0 Å². The van der Waals surface area contributed by atoms with Crippen LogP contribution in [0.1, 0.15) is 25.5 Å². The van der Waals surface area contributed by atoms with Gasteiger partial charge in [-0.15, -0.1) is 0 Å². The smallest absolute Gasteiger partial charge is 0.226 e. The van der Waals surface area contributed by atoms with Gasteiger partial charge < -0.3 is 9.15 Å². The van der Waals surface area contributed by atoms with E-state index in [1.54, 1.807) is 6.92 Å². The lowest BCUT2D eigenvalue weighted by Gasteiger charge is -2.02. The van der Waals surface area contributed by atoms with Gasteiger partial charge in [0.05, 0.1) is 6.61 Å². The van der Waals surface area contributed by atoms with Gasteiger partial charge in [-0.2, -0.15) is 0 Å². The summed E-state index contributed by atoms with van der Waals surface area (Å²) in [5.41, 5.74) is -0.111. The fourth-order valence-corrected chi connectivity index (χ4v) is 0.926. The Labute approximate surface area is 77.3 Å². The quantitative estimate of drug-likeness (QED) is 0.669. The zero-order valence-electron chi connectivity index (χ0n) is 8.00. The molecule has 0 atom stereocenters. The summed E-state index contributed by atoms with van der Waals surface area (Å²) in [7, 11) is 0. The summed E-state index contributed by atoms with van der Waals surface area (Å²) in [6.45, 7) is 4.38. The van der Waals surface area contributed by atoms with Crippen LogP contribution in [0.5, 0.6) is 5.75 Å². The number of unbranched alkanes of at least 4 members (excludes halogenated alkanes) is 1. The van der Waals surface area contributed by atoms with E-state index >= 15 is 0 Å². The molecule has 13 heavy (non-hydrogen) atoms. The van der Waals surface area contributed by atoms with Crippen molar-refractivity contribution in [3.05, 3.63) is 28.3 Å². The molecule has 3 heteroatoms. The van der Waals surface area contributed by atoms with E-state index in [9.17, 15) is 4.79 Å². The van der Waals surface area contributed by atoms with Crippen molar-refractivity contribution in [1.29, 1.82) is 0 Å². The molecule has 1 aromatic heterocycles. The van der Waals surface area contributed by atoms with E-state index in [1.165, 1.54) is 12.3 Å². The molecule has 0 radical (unpaired) electrons. The Morgan fingerprint density at radius 3 is 2.92 bits per heavy atom. The molecule has 0 aliphatic carbocycles. The van der Waals surface area contributed by atoms with Crippen LogP contribution in [-0.2, 0) is 0 Å². The van der Waals surface area contributed by atoms with Gasteiger partial charge >= 0.3 is 0 Å². The summed E-state index contributed by atoms with van der Waals surface area (Å²) in [6, 6.07) is 1.43. The first-order chi connectivity index (χ1) is 6.24. The van der Waals surface area contributed by atoms with Gasteiger partial charge in [0.15, 0.2) is 0 Å². The average Bonchev–Trinajstić information content (AvgIpc) is 2.09. The molecule has 0 fully saturated rings. The highest BCUT2D eigenvalue weighted by Gasteiger charge is 2.00. The lowest BCUT2D eigenvalue weighted by atomic mass is 10.3. The van der Waals surface area contributed by atoms with Crippen molar-refractivity contribution in [1.82, 2.24) is 0 Å². The third-order valence-corrected chi connectivity index (χ3v) is 1.68. The van der Waals surface area contributed by atoms with Crippen molar-refractivity contribution in [3.63, 3.8) is 0 Å². The van der Waals surface area contributed by atoms with Crippen LogP contribution in [-0.4, -0.2) is 6.61 Å². The van der Waals surface area contributed by atoms with E-state index in [2.05, 4.69) is 6.92 Å². The number of aryl methyl sites for hydroxylation is 1. The highest BCUT2D eigenvalue weighted by molar-refractivity contribution is 5.16. The monoisotopic (exact) mass is 182 g/mol. The van der Waals surface area contributed by atoms with Crippen LogP contribution < -0.4 is 10.2 Å². The van der Waals surface area contributed by atoms with E-state index in [1.807, 2.05) is 0 Å². The number of rotatable bonds is 4. The fraction of sp³-hybridized carbons (Fsp3) is 0.500. The summed E-state index contributed by atoms with van der Waals surface area (Å²) < 4.78 is 10.3. The van der Waals surface area contributed by atoms with Crippen LogP contribution in [0.25, 0.3) is 0 Å². The zero-order chi connectivity index (χ0) is 9.68. The van der Waals surface area contributed by atoms with Gasteiger partial charge in [0.2, 0.25) is 11.2 Å². The standard InChI is InChI=1S/C10H14O3/c1-3-4-5-12-10-7-13-8(2)6-9(10)11/h6-7H,3-5H2,1-2H3. The molecule has 72 valence electrons. The largest absolute Gasteiger partial charge is 0.487 e. The maximum absolute atomic E-state index is 11.2. The molecular formula is C10H14O3. The van der Waals surface area contributed by atoms with E-state index in [0.717, 1.165) is 12.8 Å². The van der Waals surface area contributed by atoms with Gasteiger partial charge in [-0.05, 0) is 13.3 Å². The highest BCUT2D eigenvalue weighted by atomic mass is 16.5. The first-order valence-corrected chi connectivity index (χ1v) is 4.46. The highest BCUT2D eigenvalue weighted by Crippen LogP contribution is 2.05. The second kappa shape index (κ2) is 4.70. The van der Waals surface area contributed by atoms with Crippen LogP contribution in [0.3, 0.4) is 0 Å². The topological polar surface area (TPSA) is 39.4 Å². The Morgan fingerprint density at radius 1 is 1.54 bits per heavy atom. The Morgan fingerprint density at radius 2 is 2.31 bits per heavy atom. The summed E-state index contributed by atoms with van der Waals surface area (Å²) in [6.07, 6.45) is 3.37. The van der Waals surface area contributed by atoms with E-state index in [4.69, 9.17) is 9.15 Å². The van der Waals surface area contributed by atoms with Crippen LogP contribution in [0.2, 0.25) is 0 Å². The SMILES string of the molecule is CCCCOc1coc(C)cc1=O. The van der Waals surface area contributed by atoms with Crippen LogP contribution >= 0.6 is 0 Å². The second-order valence-corrected chi connectivity index (χ2v) is 2.92. The lowest BCUT2D eigenvalue weighted by Crippen LogP contribution is -2.07. The minimum atomic E-state index is -0.111. The van der Waals surface area contributed by atoms with Gasteiger partial charge in [0.25, 0.3) is 0 Å². The van der Waals surface area contributed by atoms with Gasteiger partial charge in [0.1, 0.15) is 12.0 Å². The molecule has 0 spiro atoms. The summed E-state index contributed by atoms with van der Waals surface area (Å²) >= 11 is 0. The normalized spacial score (nSPS) is 10.0. The third-order valence-electron chi connectivity index (χ3n) is 1.68. The molecule has 1 heterocycles. The molecule has 0 bridgehead atoms. The molecule has 0 N–H and O–H groups in total. The molecule has 0 saturated carbocycles. The van der Waals surface area contributed by atoms with Gasteiger partial charge in [0, 0.05) is 6.07 Å². The predicted molar refractivity (Wildman–Crippen MR) is 50.1 cm³/mol. The van der Waals surface area contributed by atoms with E-state index in [0.29, 0.717) is 18.1 Å². The maximum Gasteiger partial charge on any atom is 0.226 e. The minimum absolute atomic E-state index is 0.111. The average molecular weight is 182 g/mol.